The average Bonchev–Trinajstić information content (AvgIpc) is 3.14. The zero-order valence-corrected chi connectivity index (χ0v) is 17.2. The number of aliphatic hydroxyl groups is 2. The van der Waals surface area contributed by atoms with Gasteiger partial charge in [-0.3, -0.25) is 4.79 Å². The van der Waals surface area contributed by atoms with Crippen molar-refractivity contribution in [1.29, 1.82) is 0 Å². The average molecular weight is 419 g/mol. The first-order chi connectivity index (χ1) is 14.4. The molecule has 2 fully saturated rings. The SMILES string of the molecule is O=C(O)CCCc1cccc2c1O[C@@]1(F)C[C@@H](O)[C@H](/C=C/[C@@H](O)C3CCCCC3)[C@@H]21. The van der Waals surface area contributed by atoms with Gasteiger partial charge in [0.05, 0.1) is 18.1 Å². The molecule has 30 heavy (non-hydrogen) atoms. The van der Waals surface area contributed by atoms with Crippen molar-refractivity contribution < 1.29 is 29.2 Å². The zero-order chi connectivity index (χ0) is 21.3. The molecule has 1 heterocycles. The number of benzene rings is 1. The van der Waals surface area contributed by atoms with E-state index in [1.165, 1.54) is 6.42 Å². The van der Waals surface area contributed by atoms with Crippen LogP contribution in [0.25, 0.3) is 0 Å². The second-order valence-corrected chi connectivity index (χ2v) is 9.07. The fourth-order valence-electron chi connectivity index (χ4n) is 5.49. The lowest BCUT2D eigenvalue weighted by molar-refractivity contribution is -0.137. The third-order valence-corrected chi connectivity index (χ3v) is 7.02. The van der Waals surface area contributed by atoms with E-state index in [0.717, 1.165) is 36.8 Å². The van der Waals surface area contributed by atoms with Crippen molar-refractivity contribution in [3.63, 3.8) is 0 Å². The molecule has 6 heteroatoms. The van der Waals surface area contributed by atoms with Crippen LogP contribution in [0.15, 0.2) is 30.4 Å². The number of rotatable bonds is 7. The summed E-state index contributed by atoms with van der Waals surface area (Å²) in [6, 6.07) is 5.52. The molecule has 0 spiro atoms. The Morgan fingerprint density at radius 3 is 2.80 bits per heavy atom. The maximum Gasteiger partial charge on any atom is 0.303 e. The minimum absolute atomic E-state index is 0.0526. The molecule has 4 rings (SSSR count). The van der Waals surface area contributed by atoms with E-state index in [9.17, 15) is 15.0 Å². The van der Waals surface area contributed by atoms with E-state index < -0.39 is 35.9 Å². The molecule has 2 aliphatic carbocycles. The van der Waals surface area contributed by atoms with Crippen LogP contribution >= 0.6 is 0 Å². The number of ether oxygens (including phenoxy) is 1. The number of aliphatic hydroxyl groups excluding tert-OH is 2. The Bertz CT molecular complexity index is 803. The molecule has 164 valence electrons. The third kappa shape index (κ3) is 4.12. The van der Waals surface area contributed by atoms with Crippen LogP contribution in [0.5, 0.6) is 5.75 Å². The highest BCUT2D eigenvalue weighted by Gasteiger charge is 2.60. The van der Waals surface area contributed by atoms with Crippen molar-refractivity contribution >= 4 is 5.97 Å². The predicted molar refractivity (Wildman–Crippen MR) is 110 cm³/mol. The number of hydrogen-bond donors (Lipinski definition) is 3. The maximum atomic E-state index is 15.7. The monoisotopic (exact) mass is 418 g/mol. The van der Waals surface area contributed by atoms with Crippen molar-refractivity contribution in [2.75, 3.05) is 0 Å². The van der Waals surface area contributed by atoms with E-state index in [1.54, 1.807) is 12.2 Å². The van der Waals surface area contributed by atoms with Gasteiger partial charge in [-0.05, 0) is 37.2 Å². The smallest absolute Gasteiger partial charge is 0.303 e. The quantitative estimate of drug-likeness (QED) is 0.580. The number of carboxylic acids is 1. The van der Waals surface area contributed by atoms with E-state index >= 15 is 4.39 Å². The predicted octanol–water partition coefficient (Wildman–Crippen LogP) is 4.11. The number of fused-ring (bicyclic) bond motifs is 3. The Kier molecular flexibility index (Phi) is 6.16. The fourth-order valence-corrected chi connectivity index (χ4v) is 5.49. The molecule has 0 saturated heterocycles. The first-order valence-corrected chi connectivity index (χ1v) is 11.1. The summed E-state index contributed by atoms with van der Waals surface area (Å²) in [5.74, 6) is -3.20. The van der Waals surface area contributed by atoms with Crippen molar-refractivity contribution in [3.8, 4) is 5.75 Å². The van der Waals surface area contributed by atoms with E-state index in [1.807, 2.05) is 18.2 Å². The Balaban J connectivity index is 1.53. The fraction of sp³-hybridized carbons (Fsp3) is 0.625. The number of carboxylic acid groups (broad SMARTS) is 1. The molecule has 1 aromatic rings. The summed E-state index contributed by atoms with van der Waals surface area (Å²) >= 11 is 0. The summed E-state index contributed by atoms with van der Waals surface area (Å²) < 4.78 is 21.5. The Hall–Kier alpha value is -1.92. The van der Waals surface area contributed by atoms with Crippen molar-refractivity contribution in [3.05, 3.63) is 41.5 Å². The molecule has 0 bridgehead atoms. The summed E-state index contributed by atoms with van der Waals surface area (Å²) in [6.45, 7) is 0. The standard InChI is InChI=1S/C24H31FO5/c25-24-14-20(27)17(12-13-19(26)15-6-2-1-3-7-15)22(24)18-10-4-8-16(23(18)30-24)9-5-11-21(28)29/h4,8,10,12-13,15,17,19-20,22,26-27H,1-3,5-7,9,11,14H2,(H,28,29)/b13-12+/t17-,19+,20+,22-,24-/m0/s1. The molecule has 3 aliphatic rings. The van der Waals surface area contributed by atoms with Gasteiger partial charge in [0.2, 0.25) is 0 Å². The molecule has 0 aromatic heterocycles. The highest BCUT2D eigenvalue weighted by atomic mass is 19.2. The van der Waals surface area contributed by atoms with Crippen LogP contribution in [0.3, 0.4) is 0 Å². The van der Waals surface area contributed by atoms with E-state index in [0.29, 0.717) is 18.6 Å². The van der Waals surface area contributed by atoms with Crippen molar-refractivity contribution in [2.24, 2.45) is 11.8 Å². The summed E-state index contributed by atoms with van der Waals surface area (Å²) in [5, 5.41) is 30.0. The zero-order valence-electron chi connectivity index (χ0n) is 17.2. The second kappa shape index (κ2) is 8.67. The van der Waals surface area contributed by atoms with Crippen molar-refractivity contribution in [1.82, 2.24) is 0 Å². The van der Waals surface area contributed by atoms with E-state index in [2.05, 4.69) is 0 Å². The summed E-state index contributed by atoms with van der Waals surface area (Å²) in [4.78, 5) is 10.8. The van der Waals surface area contributed by atoms with Crippen LogP contribution in [0, 0.1) is 11.8 Å². The largest absolute Gasteiger partial charge is 0.481 e. The minimum atomic E-state index is -1.98. The molecule has 3 N–H and O–H groups in total. The number of aliphatic carboxylic acids is 1. The number of alkyl halides is 1. The van der Waals surface area contributed by atoms with Gasteiger partial charge >= 0.3 is 5.97 Å². The molecular weight excluding hydrogens is 387 g/mol. The summed E-state index contributed by atoms with van der Waals surface area (Å²) in [5.41, 5.74) is 1.53. The van der Waals surface area contributed by atoms with Crippen LogP contribution in [-0.2, 0) is 11.2 Å². The number of halogens is 1. The number of aryl methyl sites for hydroxylation is 1. The lowest BCUT2D eigenvalue weighted by Crippen LogP contribution is -2.29. The highest BCUT2D eigenvalue weighted by molar-refractivity contribution is 5.66. The van der Waals surface area contributed by atoms with Crippen LogP contribution in [0.2, 0.25) is 0 Å². The molecule has 0 radical (unpaired) electrons. The molecule has 2 saturated carbocycles. The molecule has 5 atom stereocenters. The van der Waals surface area contributed by atoms with Gasteiger partial charge in [0, 0.05) is 24.3 Å². The third-order valence-electron chi connectivity index (χ3n) is 7.02. The van der Waals surface area contributed by atoms with Gasteiger partial charge in [0.1, 0.15) is 5.75 Å². The second-order valence-electron chi connectivity index (χ2n) is 9.07. The number of para-hydroxylation sites is 1. The lowest BCUT2D eigenvalue weighted by Gasteiger charge is -2.25. The van der Waals surface area contributed by atoms with E-state index in [4.69, 9.17) is 9.84 Å². The molecular formula is C24H31FO5. The van der Waals surface area contributed by atoms with Crippen LogP contribution in [0.4, 0.5) is 4.39 Å². The number of carbonyl (C=O) groups is 1. The first kappa shape index (κ1) is 21.3. The van der Waals surface area contributed by atoms with Gasteiger partial charge in [0.25, 0.3) is 5.85 Å². The Labute approximate surface area is 176 Å². The maximum absolute atomic E-state index is 15.7. The van der Waals surface area contributed by atoms with Gasteiger partial charge in [-0.15, -0.1) is 0 Å². The van der Waals surface area contributed by atoms with Crippen LogP contribution < -0.4 is 4.74 Å². The Morgan fingerprint density at radius 1 is 1.30 bits per heavy atom. The van der Waals surface area contributed by atoms with Gasteiger partial charge in [-0.25, -0.2) is 0 Å². The summed E-state index contributed by atoms with van der Waals surface area (Å²) in [6.07, 6.45) is 8.44. The van der Waals surface area contributed by atoms with E-state index in [-0.39, 0.29) is 18.8 Å². The normalized spacial score (nSPS) is 32.0. The molecule has 1 aromatic carbocycles. The van der Waals surface area contributed by atoms with Gasteiger partial charge in [0.15, 0.2) is 0 Å². The van der Waals surface area contributed by atoms with Gasteiger partial charge in [-0.2, -0.15) is 4.39 Å². The van der Waals surface area contributed by atoms with Crippen molar-refractivity contribution in [2.45, 2.75) is 81.8 Å². The lowest BCUT2D eigenvalue weighted by atomic mass is 9.83. The molecule has 1 aliphatic heterocycles. The summed E-state index contributed by atoms with van der Waals surface area (Å²) in [7, 11) is 0. The number of hydrogen-bond acceptors (Lipinski definition) is 4. The van der Waals surface area contributed by atoms with Crippen LogP contribution in [-0.4, -0.2) is 39.4 Å². The molecule has 0 unspecified atom stereocenters. The molecule has 5 nitrogen and oxygen atoms in total. The molecule has 0 amide bonds. The van der Waals surface area contributed by atoms with Gasteiger partial charge < -0.3 is 20.1 Å². The topological polar surface area (TPSA) is 87.0 Å². The first-order valence-electron chi connectivity index (χ1n) is 11.1. The Morgan fingerprint density at radius 2 is 2.07 bits per heavy atom. The van der Waals surface area contributed by atoms with Crippen LogP contribution in [0.1, 0.15) is 68.4 Å². The minimum Gasteiger partial charge on any atom is -0.481 e. The highest BCUT2D eigenvalue weighted by Crippen LogP contribution is 2.58. The van der Waals surface area contributed by atoms with Gasteiger partial charge in [-0.1, -0.05) is 49.6 Å².